The van der Waals surface area contributed by atoms with Crippen molar-refractivity contribution in [1.82, 2.24) is 0 Å². The van der Waals surface area contributed by atoms with E-state index in [1.165, 1.54) is 56.8 Å². The fourth-order valence-corrected chi connectivity index (χ4v) is 3.06. The minimum absolute atomic E-state index is 0.935. The Morgan fingerprint density at radius 2 is 1.53 bits per heavy atom. The van der Waals surface area contributed by atoms with Crippen LogP contribution in [0.3, 0.4) is 0 Å². The summed E-state index contributed by atoms with van der Waals surface area (Å²) in [6.07, 6.45) is 8.67. The van der Waals surface area contributed by atoms with Gasteiger partial charge in [-0.1, -0.05) is 86.6 Å². The Morgan fingerprint density at radius 1 is 0.941 bits per heavy atom. The van der Waals surface area contributed by atoms with E-state index in [1.54, 1.807) is 0 Å². The smallest absolute Gasteiger partial charge is 0.0842 e. The molecule has 0 saturated heterocycles. The van der Waals surface area contributed by atoms with Gasteiger partial charge >= 0.3 is 0 Å². The lowest BCUT2D eigenvalue weighted by Gasteiger charge is -2.22. The van der Waals surface area contributed by atoms with Gasteiger partial charge in [-0.15, -0.1) is 0 Å². The van der Waals surface area contributed by atoms with Crippen LogP contribution >= 0.6 is 0 Å². The highest BCUT2D eigenvalue weighted by Crippen LogP contribution is 2.28. The lowest BCUT2D eigenvalue weighted by atomic mass is 9.55. The van der Waals surface area contributed by atoms with E-state index in [2.05, 4.69) is 38.1 Å². The molecule has 1 aromatic carbocycles. The monoisotopic (exact) mass is 228 g/mol. The number of hydrogen-bond acceptors (Lipinski definition) is 0. The molecular formula is C16H25B. The molecule has 0 heterocycles. The highest BCUT2D eigenvalue weighted by Gasteiger charge is 2.15. The van der Waals surface area contributed by atoms with Crippen LogP contribution in [-0.2, 0) is 0 Å². The molecule has 0 aromatic heterocycles. The standard InChI is InChI=1S/C16H25B/c1-13-5-3-7-15(8-4-6-13)17-16-11-9-14(2)10-12-16/h9-13,15,17H,3-8H2,1-2H3. The first kappa shape index (κ1) is 12.7. The van der Waals surface area contributed by atoms with Crippen molar-refractivity contribution in [2.45, 2.75) is 58.2 Å². The Kier molecular flexibility index (Phi) is 4.70. The third-order valence-electron chi connectivity index (χ3n) is 4.26. The molecule has 0 N–H and O–H groups in total. The zero-order valence-corrected chi connectivity index (χ0v) is 11.4. The fourth-order valence-electron chi connectivity index (χ4n) is 3.06. The predicted molar refractivity (Wildman–Crippen MR) is 78.6 cm³/mol. The third-order valence-corrected chi connectivity index (χ3v) is 4.26. The molecule has 1 aliphatic carbocycles. The summed E-state index contributed by atoms with van der Waals surface area (Å²) >= 11 is 0. The topological polar surface area (TPSA) is 0 Å². The van der Waals surface area contributed by atoms with Crippen LogP contribution in [0.4, 0.5) is 0 Å². The summed E-state index contributed by atoms with van der Waals surface area (Å²) in [5, 5.41) is 0. The summed E-state index contributed by atoms with van der Waals surface area (Å²) in [5.41, 5.74) is 2.91. The van der Waals surface area contributed by atoms with E-state index in [1.807, 2.05) is 0 Å². The Labute approximate surface area is 107 Å². The van der Waals surface area contributed by atoms with Gasteiger partial charge in [0.2, 0.25) is 0 Å². The minimum Gasteiger partial charge on any atom is -0.0842 e. The van der Waals surface area contributed by atoms with Crippen LogP contribution in [0.25, 0.3) is 0 Å². The first-order valence-corrected chi connectivity index (χ1v) is 7.29. The molecule has 1 saturated carbocycles. The lowest BCUT2D eigenvalue weighted by molar-refractivity contribution is 0.403. The average Bonchev–Trinajstić information content (AvgIpc) is 2.29. The predicted octanol–water partition coefficient (Wildman–Crippen LogP) is 3.84. The Bertz CT molecular complexity index is 318. The molecule has 0 radical (unpaired) electrons. The molecular weight excluding hydrogens is 203 g/mol. The normalized spacial score (nSPS) is 26.0. The quantitative estimate of drug-likeness (QED) is 0.675. The van der Waals surface area contributed by atoms with E-state index in [0.717, 1.165) is 11.7 Å². The maximum atomic E-state index is 2.42. The van der Waals surface area contributed by atoms with E-state index in [9.17, 15) is 0 Å². The first-order chi connectivity index (χ1) is 8.24. The highest BCUT2D eigenvalue weighted by molar-refractivity contribution is 6.54. The van der Waals surface area contributed by atoms with E-state index >= 15 is 0 Å². The highest BCUT2D eigenvalue weighted by atomic mass is 14.1. The van der Waals surface area contributed by atoms with E-state index in [-0.39, 0.29) is 0 Å². The van der Waals surface area contributed by atoms with Crippen LogP contribution in [0.5, 0.6) is 0 Å². The minimum atomic E-state index is 0.935. The Balaban J connectivity index is 1.87. The van der Waals surface area contributed by atoms with Crippen molar-refractivity contribution in [3.05, 3.63) is 29.8 Å². The second-order valence-corrected chi connectivity index (χ2v) is 6.02. The molecule has 0 amide bonds. The Hall–Kier alpha value is -0.715. The van der Waals surface area contributed by atoms with Gasteiger partial charge in [-0.3, -0.25) is 0 Å². The van der Waals surface area contributed by atoms with Gasteiger partial charge < -0.3 is 0 Å². The van der Waals surface area contributed by atoms with Gasteiger partial charge in [-0.2, -0.15) is 0 Å². The van der Waals surface area contributed by atoms with Crippen LogP contribution < -0.4 is 5.46 Å². The number of benzene rings is 1. The second-order valence-electron chi connectivity index (χ2n) is 6.02. The Morgan fingerprint density at radius 3 is 2.12 bits per heavy atom. The summed E-state index contributed by atoms with van der Waals surface area (Å²) in [6, 6.07) is 9.13. The summed E-state index contributed by atoms with van der Waals surface area (Å²) in [4.78, 5) is 0. The molecule has 92 valence electrons. The van der Waals surface area contributed by atoms with E-state index in [0.29, 0.717) is 0 Å². The van der Waals surface area contributed by atoms with E-state index < -0.39 is 0 Å². The first-order valence-electron chi connectivity index (χ1n) is 7.29. The van der Waals surface area contributed by atoms with Gasteiger partial charge in [0.05, 0.1) is 0 Å². The summed E-state index contributed by atoms with van der Waals surface area (Å²) < 4.78 is 0. The number of aryl methyl sites for hydroxylation is 1. The van der Waals surface area contributed by atoms with Crippen molar-refractivity contribution in [1.29, 1.82) is 0 Å². The van der Waals surface area contributed by atoms with Gasteiger partial charge in [-0.05, 0) is 12.8 Å². The van der Waals surface area contributed by atoms with Crippen molar-refractivity contribution >= 4 is 12.7 Å². The molecule has 1 aliphatic rings. The molecule has 17 heavy (non-hydrogen) atoms. The third kappa shape index (κ3) is 4.22. The van der Waals surface area contributed by atoms with Gasteiger partial charge in [0.1, 0.15) is 0 Å². The molecule has 2 rings (SSSR count). The SMILES string of the molecule is Cc1ccc(BC2CCCC(C)CCC2)cc1. The van der Waals surface area contributed by atoms with Gasteiger partial charge in [0, 0.05) is 0 Å². The molecule has 0 nitrogen and oxygen atoms in total. The lowest BCUT2D eigenvalue weighted by Crippen LogP contribution is -2.20. The zero-order chi connectivity index (χ0) is 12.1. The van der Waals surface area contributed by atoms with Gasteiger partial charge in [0.15, 0.2) is 7.28 Å². The van der Waals surface area contributed by atoms with E-state index in [4.69, 9.17) is 0 Å². The van der Waals surface area contributed by atoms with Crippen molar-refractivity contribution < 1.29 is 0 Å². The van der Waals surface area contributed by atoms with Crippen LogP contribution in [0.15, 0.2) is 24.3 Å². The molecule has 1 aromatic rings. The maximum Gasteiger partial charge on any atom is 0.160 e. The number of rotatable bonds is 2. The molecule has 0 spiro atoms. The van der Waals surface area contributed by atoms with Crippen LogP contribution in [0.1, 0.15) is 51.0 Å². The fraction of sp³-hybridized carbons (Fsp3) is 0.625. The summed E-state index contributed by atoms with van der Waals surface area (Å²) in [7, 11) is 1.30. The largest absolute Gasteiger partial charge is 0.160 e. The van der Waals surface area contributed by atoms with Crippen molar-refractivity contribution in [2.75, 3.05) is 0 Å². The molecule has 1 heteroatoms. The van der Waals surface area contributed by atoms with Crippen LogP contribution in [-0.4, -0.2) is 7.28 Å². The second kappa shape index (κ2) is 6.28. The number of hydrogen-bond donors (Lipinski definition) is 0. The van der Waals surface area contributed by atoms with Crippen LogP contribution in [0, 0.1) is 12.8 Å². The zero-order valence-electron chi connectivity index (χ0n) is 11.4. The molecule has 1 fully saturated rings. The van der Waals surface area contributed by atoms with Gasteiger partial charge in [0.25, 0.3) is 0 Å². The average molecular weight is 228 g/mol. The van der Waals surface area contributed by atoms with Crippen molar-refractivity contribution in [3.8, 4) is 0 Å². The molecule has 0 aliphatic heterocycles. The van der Waals surface area contributed by atoms with Crippen LogP contribution in [0.2, 0.25) is 5.82 Å². The van der Waals surface area contributed by atoms with Crippen molar-refractivity contribution in [3.63, 3.8) is 0 Å². The molecule has 0 unspecified atom stereocenters. The summed E-state index contributed by atoms with van der Waals surface area (Å²) in [6.45, 7) is 4.58. The molecule has 0 atom stereocenters. The summed E-state index contributed by atoms with van der Waals surface area (Å²) in [5.74, 6) is 1.90. The van der Waals surface area contributed by atoms with Crippen molar-refractivity contribution in [2.24, 2.45) is 5.92 Å². The van der Waals surface area contributed by atoms with Gasteiger partial charge in [-0.25, -0.2) is 0 Å². The maximum absolute atomic E-state index is 2.42. The molecule has 0 bridgehead atoms.